The average molecular weight is 500 g/mol. The molecule has 6 nitrogen and oxygen atoms in total. The zero-order valence-corrected chi connectivity index (χ0v) is 22.4. The van der Waals surface area contributed by atoms with E-state index >= 15 is 0 Å². The van der Waals surface area contributed by atoms with E-state index in [1.54, 1.807) is 26.4 Å². The monoisotopic (exact) mass is 499 g/mol. The van der Waals surface area contributed by atoms with Crippen molar-refractivity contribution in [3.63, 3.8) is 0 Å². The second-order valence-corrected chi connectivity index (χ2v) is 9.80. The molecule has 3 aromatic carbocycles. The first-order valence-corrected chi connectivity index (χ1v) is 12.3. The highest BCUT2D eigenvalue weighted by atomic mass is 16.5. The number of carbonyl (C=O) groups excluding carboxylic acids is 2. The molecule has 0 aliphatic carbocycles. The second-order valence-electron chi connectivity index (χ2n) is 9.80. The first kappa shape index (κ1) is 26.0. The highest BCUT2D eigenvalue weighted by molar-refractivity contribution is 6.51. The Morgan fingerprint density at radius 2 is 1.57 bits per heavy atom. The Morgan fingerprint density at radius 3 is 2.16 bits per heavy atom. The predicted molar refractivity (Wildman–Crippen MR) is 146 cm³/mol. The van der Waals surface area contributed by atoms with Gasteiger partial charge >= 0.3 is 0 Å². The fourth-order valence-corrected chi connectivity index (χ4v) is 4.89. The summed E-state index contributed by atoms with van der Waals surface area (Å²) in [6.07, 6.45) is 0. The number of methoxy groups -OCH3 is 2. The predicted octanol–water partition coefficient (Wildman–Crippen LogP) is 6.38. The molecule has 37 heavy (non-hydrogen) atoms. The number of hydrogen-bond donors (Lipinski definition) is 1. The molecular weight excluding hydrogens is 466 g/mol. The molecule has 0 aromatic heterocycles. The second kappa shape index (κ2) is 10.1. The number of ether oxygens (including phenoxy) is 2. The van der Waals surface area contributed by atoms with Crippen LogP contribution in [0.4, 0.5) is 5.69 Å². The third kappa shape index (κ3) is 4.59. The summed E-state index contributed by atoms with van der Waals surface area (Å²) >= 11 is 0. The van der Waals surface area contributed by atoms with Gasteiger partial charge in [0.25, 0.3) is 11.7 Å². The molecule has 4 rings (SSSR count). The van der Waals surface area contributed by atoms with E-state index in [9.17, 15) is 14.7 Å². The number of rotatable bonds is 6. The molecule has 1 aliphatic rings. The van der Waals surface area contributed by atoms with Crippen LogP contribution in [0.1, 0.15) is 59.2 Å². The third-order valence-corrected chi connectivity index (χ3v) is 6.95. The van der Waals surface area contributed by atoms with E-state index in [1.807, 2.05) is 77.1 Å². The van der Waals surface area contributed by atoms with Crippen molar-refractivity contribution in [2.75, 3.05) is 19.1 Å². The van der Waals surface area contributed by atoms with Crippen molar-refractivity contribution < 1.29 is 24.2 Å². The van der Waals surface area contributed by atoms with E-state index in [-0.39, 0.29) is 17.3 Å². The van der Waals surface area contributed by atoms with E-state index in [0.717, 1.165) is 22.3 Å². The van der Waals surface area contributed by atoms with Gasteiger partial charge in [0.2, 0.25) is 0 Å². The normalized spacial score (nSPS) is 17.0. The van der Waals surface area contributed by atoms with Crippen LogP contribution in [0.25, 0.3) is 5.76 Å². The highest BCUT2D eigenvalue weighted by Crippen LogP contribution is 2.44. The number of benzene rings is 3. The smallest absolute Gasteiger partial charge is 0.300 e. The molecule has 6 heteroatoms. The van der Waals surface area contributed by atoms with Crippen molar-refractivity contribution in [3.05, 3.63) is 93.6 Å². The number of Topliss-reactive ketones (excluding diaryl/α,β-unsaturated/α-hetero) is 1. The Hall–Kier alpha value is -4.06. The van der Waals surface area contributed by atoms with Crippen LogP contribution in [0.2, 0.25) is 0 Å². The molecule has 1 N–H and O–H groups in total. The van der Waals surface area contributed by atoms with Crippen molar-refractivity contribution in [3.8, 4) is 11.5 Å². The number of carbonyl (C=O) groups is 2. The lowest BCUT2D eigenvalue weighted by molar-refractivity contribution is -0.132. The average Bonchev–Trinajstić information content (AvgIpc) is 3.14. The van der Waals surface area contributed by atoms with E-state index < -0.39 is 17.7 Å². The fraction of sp³-hybridized carbons (Fsp3) is 0.290. The first-order valence-electron chi connectivity index (χ1n) is 12.3. The summed E-state index contributed by atoms with van der Waals surface area (Å²) in [6, 6.07) is 15.9. The van der Waals surface area contributed by atoms with E-state index in [2.05, 4.69) is 0 Å². The molecule has 1 fully saturated rings. The van der Waals surface area contributed by atoms with Crippen LogP contribution in [0.5, 0.6) is 11.5 Å². The highest BCUT2D eigenvalue weighted by Gasteiger charge is 2.47. The first-order chi connectivity index (χ1) is 17.6. The van der Waals surface area contributed by atoms with E-state index in [1.165, 1.54) is 4.90 Å². The van der Waals surface area contributed by atoms with Gasteiger partial charge in [0.1, 0.15) is 17.3 Å². The largest absolute Gasteiger partial charge is 0.507 e. The van der Waals surface area contributed by atoms with Crippen molar-refractivity contribution in [1.82, 2.24) is 0 Å². The van der Waals surface area contributed by atoms with Gasteiger partial charge in [-0.25, -0.2) is 0 Å². The lowest BCUT2D eigenvalue weighted by Gasteiger charge is -2.27. The minimum absolute atomic E-state index is 0.0547. The van der Waals surface area contributed by atoms with Crippen molar-refractivity contribution in [1.29, 1.82) is 0 Å². The number of nitrogens with zero attached hydrogens (tertiary/aromatic N) is 1. The van der Waals surface area contributed by atoms with E-state index in [4.69, 9.17) is 9.47 Å². The summed E-state index contributed by atoms with van der Waals surface area (Å²) in [7, 11) is 3.19. The van der Waals surface area contributed by atoms with Gasteiger partial charge in [-0.1, -0.05) is 38.1 Å². The summed E-state index contributed by atoms with van der Waals surface area (Å²) in [4.78, 5) is 28.7. The molecule has 1 unspecified atom stereocenters. The summed E-state index contributed by atoms with van der Waals surface area (Å²) in [5.41, 5.74) is 5.34. The number of amides is 1. The summed E-state index contributed by atoms with van der Waals surface area (Å²) in [5.74, 6) is -0.107. The van der Waals surface area contributed by atoms with Crippen LogP contribution in [0.15, 0.2) is 60.2 Å². The molecule has 3 aromatic rings. The van der Waals surface area contributed by atoms with Gasteiger partial charge in [-0.05, 0) is 84.8 Å². The third-order valence-electron chi connectivity index (χ3n) is 6.95. The van der Waals surface area contributed by atoms with Gasteiger partial charge in [0, 0.05) is 11.3 Å². The Kier molecular flexibility index (Phi) is 7.12. The summed E-state index contributed by atoms with van der Waals surface area (Å²) in [6.45, 7) is 9.77. The van der Waals surface area contributed by atoms with E-state index in [0.29, 0.717) is 28.3 Å². The Balaban J connectivity index is 2.01. The number of anilines is 1. The van der Waals surface area contributed by atoms with Crippen molar-refractivity contribution >= 4 is 23.1 Å². The summed E-state index contributed by atoms with van der Waals surface area (Å²) in [5, 5.41) is 11.7. The molecule has 0 saturated carbocycles. The standard InChI is InChI=1S/C31H33NO5/c1-17(2)23-16-24(20(5)15-26(23)37-7)29(33)27-28(21-10-12-22(36-6)13-11-21)32(31(35)30(27)34)25-14-18(3)8-9-19(25)4/h8-17,28,33H,1-7H3/b29-27+. The maximum atomic E-state index is 13.6. The molecule has 0 spiro atoms. The van der Waals surface area contributed by atoms with Gasteiger partial charge in [-0.3, -0.25) is 14.5 Å². The van der Waals surface area contributed by atoms with Crippen LogP contribution in [0, 0.1) is 20.8 Å². The van der Waals surface area contributed by atoms with Crippen LogP contribution >= 0.6 is 0 Å². The molecule has 1 amide bonds. The van der Waals surface area contributed by atoms with Gasteiger partial charge in [-0.2, -0.15) is 0 Å². The van der Waals surface area contributed by atoms with Gasteiger partial charge in [-0.15, -0.1) is 0 Å². The molecule has 1 heterocycles. The minimum atomic E-state index is -0.810. The van der Waals surface area contributed by atoms with Crippen molar-refractivity contribution in [2.45, 2.75) is 46.6 Å². The fourth-order valence-electron chi connectivity index (χ4n) is 4.89. The maximum absolute atomic E-state index is 13.6. The lowest BCUT2D eigenvalue weighted by atomic mass is 9.91. The number of hydrogen-bond acceptors (Lipinski definition) is 5. The lowest BCUT2D eigenvalue weighted by Crippen LogP contribution is -2.30. The molecule has 1 saturated heterocycles. The summed E-state index contributed by atoms with van der Waals surface area (Å²) < 4.78 is 10.9. The van der Waals surface area contributed by atoms with Crippen molar-refractivity contribution in [2.24, 2.45) is 0 Å². The SMILES string of the molecule is COc1ccc(C2/C(=C(\O)c3cc(C(C)C)c(OC)cc3C)C(=O)C(=O)N2c2cc(C)ccc2C)cc1. The molecule has 192 valence electrons. The van der Waals surface area contributed by atoms with Gasteiger partial charge in [0.15, 0.2) is 0 Å². The van der Waals surface area contributed by atoms with Crippen LogP contribution in [-0.4, -0.2) is 31.0 Å². The quantitative estimate of drug-likeness (QED) is 0.242. The Labute approximate surface area is 218 Å². The van der Waals surface area contributed by atoms with Crippen LogP contribution < -0.4 is 14.4 Å². The topological polar surface area (TPSA) is 76.1 Å². The maximum Gasteiger partial charge on any atom is 0.300 e. The van der Waals surface area contributed by atoms with Crippen LogP contribution in [-0.2, 0) is 9.59 Å². The van der Waals surface area contributed by atoms with Crippen LogP contribution in [0.3, 0.4) is 0 Å². The number of ketones is 1. The zero-order valence-electron chi connectivity index (χ0n) is 22.4. The number of aliphatic hydroxyl groups excluding tert-OH is 1. The zero-order chi connectivity index (χ0) is 27.0. The minimum Gasteiger partial charge on any atom is -0.507 e. The van der Waals surface area contributed by atoms with Gasteiger partial charge in [0.05, 0.1) is 25.8 Å². The molecular formula is C31H33NO5. The Bertz CT molecular complexity index is 1400. The Morgan fingerprint density at radius 1 is 0.892 bits per heavy atom. The molecule has 1 aliphatic heterocycles. The number of aliphatic hydroxyl groups is 1. The number of aryl methyl sites for hydroxylation is 3. The molecule has 0 bridgehead atoms. The molecule has 1 atom stereocenters. The molecule has 0 radical (unpaired) electrons. The van der Waals surface area contributed by atoms with Gasteiger partial charge < -0.3 is 14.6 Å².